The van der Waals surface area contributed by atoms with Gasteiger partial charge in [-0.2, -0.15) is 0 Å². The summed E-state index contributed by atoms with van der Waals surface area (Å²) < 4.78 is 17.3. The third-order valence-electron chi connectivity index (χ3n) is 6.68. The Hall–Kier alpha value is -4.33. The van der Waals surface area contributed by atoms with Gasteiger partial charge in [-0.05, 0) is 66.3 Å². The Bertz CT molecular complexity index is 1370. The van der Waals surface area contributed by atoms with Crippen LogP contribution in [0.4, 0.5) is 0 Å². The molecule has 1 aliphatic heterocycles. The Morgan fingerprint density at radius 2 is 1.77 bits per heavy atom. The average molecular weight is 545 g/mol. The van der Waals surface area contributed by atoms with E-state index in [0.717, 1.165) is 18.4 Å². The number of aromatic nitrogens is 1. The van der Waals surface area contributed by atoms with Crippen LogP contribution in [-0.4, -0.2) is 47.0 Å². The van der Waals surface area contributed by atoms with Gasteiger partial charge >= 0.3 is 0 Å². The third-order valence-corrected chi connectivity index (χ3v) is 6.68. The van der Waals surface area contributed by atoms with Crippen LogP contribution in [0.25, 0.3) is 5.76 Å². The summed E-state index contributed by atoms with van der Waals surface area (Å²) in [5.41, 5.74) is 1.81. The zero-order valence-electron chi connectivity index (χ0n) is 23.4. The van der Waals surface area contributed by atoms with Crippen molar-refractivity contribution in [2.45, 2.75) is 46.2 Å². The van der Waals surface area contributed by atoms with Gasteiger partial charge in [0.15, 0.2) is 11.5 Å². The highest BCUT2D eigenvalue weighted by molar-refractivity contribution is 6.46. The number of aliphatic hydroxyl groups excluding tert-OH is 1. The number of ether oxygens (including phenoxy) is 3. The number of nitrogens with zero attached hydrogens (tertiary/aromatic N) is 2. The van der Waals surface area contributed by atoms with E-state index >= 15 is 0 Å². The highest BCUT2D eigenvalue weighted by Crippen LogP contribution is 2.43. The molecule has 1 saturated heterocycles. The van der Waals surface area contributed by atoms with Crippen molar-refractivity contribution in [3.05, 3.63) is 89.3 Å². The summed E-state index contributed by atoms with van der Waals surface area (Å²) in [6, 6.07) is 15.0. The van der Waals surface area contributed by atoms with Gasteiger partial charge in [0.1, 0.15) is 11.5 Å². The van der Waals surface area contributed by atoms with Gasteiger partial charge in [-0.15, -0.1) is 0 Å². The number of hydrogen-bond acceptors (Lipinski definition) is 7. The third kappa shape index (κ3) is 6.45. The molecule has 1 fully saturated rings. The topological polar surface area (TPSA) is 98.2 Å². The second-order valence-electron chi connectivity index (χ2n) is 10.1. The van der Waals surface area contributed by atoms with Crippen LogP contribution >= 0.6 is 0 Å². The molecule has 8 nitrogen and oxygen atoms in total. The molecule has 0 bridgehead atoms. The van der Waals surface area contributed by atoms with Gasteiger partial charge in [-0.3, -0.25) is 14.6 Å². The molecule has 4 rings (SSSR count). The van der Waals surface area contributed by atoms with Crippen LogP contribution in [0.5, 0.6) is 17.2 Å². The lowest BCUT2D eigenvalue weighted by Crippen LogP contribution is -2.29. The first-order valence-electron chi connectivity index (χ1n) is 13.5. The van der Waals surface area contributed by atoms with Crippen LogP contribution in [-0.2, 0) is 16.1 Å². The van der Waals surface area contributed by atoms with Crippen molar-refractivity contribution in [2.24, 2.45) is 5.92 Å². The van der Waals surface area contributed by atoms with Gasteiger partial charge in [-0.25, -0.2) is 0 Å². The maximum atomic E-state index is 13.5. The lowest BCUT2D eigenvalue weighted by Gasteiger charge is -2.26. The van der Waals surface area contributed by atoms with Gasteiger partial charge < -0.3 is 24.2 Å². The van der Waals surface area contributed by atoms with Crippen LogP contribution in [0.2, 0.25) is 0 Å². The van der Waals surface area contributed by atoms with E-state index in [1.807, 2.05) is 6.92 Å². The summed E-state index contributed by atoms with van der Waals surface area (Å²) in [4.78, 5) is 32.4. The van der Waals surface area contributed by atoms with E-state index in [-0.39, 0.29) is 17.9 Å². The predicted octanol–water partition coefficient (Wildman–Crippen LogP) is 5.93. The molecular weight excluding hydrogens is 508 g/mol. The fourth-order valence-corrected chi connectivity index (χ4v) is 4.56. The molecule has 8 heteroatoms. The summed E-state index contributed by atoms with van der Waals surface area (Å²) >= 11 is 0. The number of likely N-dealkylation sites (tertiary alicyclic amines) is 1. The second-order valence-corrected chi connectivity index (χ2v) is 10.1. The summed E-state index contributed by atoms with van der Waals surface area (Å²) in [7, 11) is 1.55. The molecular formula is C32H36N2O6. The first-order chi connectivity index (χ1) is 19.3. The minimum atomic E-state index is -0.855. The van der Waals surface area contributed by atoms with Crippen LogP contribution in [0.3, 0.4) is 0 Å². The molecule has 1 aliphatic rings. The molecule has 0 saturated carbocycles. The number of pyridine rings is 1. The molecule has 2 heterocycles. The lowest BCUT2D eigenvalue weighted by molar-refractivity contribution is -0.140. The van der Waals surface area contributed by atoms with Crippen LogP contribution in [0.15, 0.2) is 72.6 Å². The Labute approximate surface area is 235 Å². The number of Topliss-reactive ketones (excluding diaryl/α,β-unsaturated/α-hetero) is 1. The highest BCUT2D eigenvalue weighted by atomic mass is 16.5. The quantitative estimate of drug-likeness (QED) is 0.172. The molecule has 1 unspecified atom stereocenters. The number of methoxy groups -OCH3 is 1. The van der Waals surface area contributed by atoms with E-state index in [4.69, 9.17) is 14.2 Å². The molecule has 0 spiro atoms. The van der Waals surface area contributed by atoms with Crippen molar-refractivity contribution < 1.29 is 28.9 Å². The van der Waals surface area contributed by atoms with Gasteiger partial charge in [-0.1, -0.05) is 39.0 Å². The average Bonchev–Trinajstić information content (AvgIpc) is 3.21. The molecule has 210 valence electrons. The van der Waals surface area contributed by atoms with Crippen molar-refractivity contribution in [1.82, 2.24) is 9.88 Å². The van der Waals surface area contributed by atoms with Crippen molar-refractivity contribution in [2.75, 3.05) is 20.3 Å². The zero-order valence-corrected chi connectivity index (χ0v) is 23.4. The second kappa shape index (κ2) is 13.2. The minimum Gasteiger partial charge on any atom is -0.507 e. The van der Waals surface area contributed by atoms with Gasteiger partial charge in [0.25, 0.3) is 11.7 Å². The minimum absolute atomic E-state index is 0.00206. The fraction of sp³-hybridized carbons (Fsp3) is 0.344. The molecule has 1 atom stereocenters. The summed E-state index contributed by atoms with van der Waals surface area (Å²) in [5, 5.41) is 11.5. The summed E-state index contributed by atoms with van der Waals surface area (Å²) in [6.07, 6.45) is 4.98. The standard InChI is InChI=1S/C32H36N2O6/c1-5-16-39-25-8-6-7-24(18-25)30(35)28-29(34(32(37)31(28)36)20-22-11-14-33-15-12-22)23-9-10-26(27(19-23)38-4)40-17-13-21(2)3/h6-12,14-15,18-19,21,29,35H,5,13,16-17,20H2,1-4H3. The smallest absolute Gasteiger partial charge is 0.295 e. The normalized spacial score (nSPS) is 16.4. The van der Waals surface area contributed by atoms with Crippen molar-refractivity contribution >= 4 is 17.4 Å². The first kappa shape index (κ1) is 28.7. The number of carbonyl (C=O) groups excluding carboxylic acids is 2. The van der Waals surface area contributed by atoms with Crippen molar-refractivity contribution in [1.29, 1.82) is 0 Å². The van der Waals surface area contributed by atoms with Gasteiger partial charge in [0, 0.05) is 24.5 Å². The summed E-state index contributed by atoms with van der Waals surface area (Å²) in [5.74, 6) is 0.385. The van der Waals surface area contributed by atoms with E-state index in [1.54, 1.807) is 74.1 Å². The number of benzene rings is 2. The number of aliphatic hydroxyl groups is 1. The molecule has 1 amide bonds. The monoisotopic (exact) mass is 544 g/mol. The van der Waals surface area contributed by atoms with Gasteiger partial charge in [0.2, 0.25) is 0 Å². The maximum absolute atomic E-state index is 13.5. The number of ketones is 1. The number of hydrogen-bond donors (Lipinski definition) is 1. The van der Waals surface area contributed by atoms with Gasteiger partial charge in [0.05, 0.1) is 31.9 Å². The van der Waals surface area contributed by atoms with Crippen LogP contribution in [0.1, 0.15) is 56.3 Å². The van der Waals surface area contributed by atoms with Crippen LogP contribution in [0, 0.1) is 5.92 Å². The number of rotatable bonds is 12. The molecule has 1 aromatic heterocycles. The fourth-order valence-electron chi connectivity index (χ4n) is 4.56. The van der Waals surface area contributed by atoms with E-state index in [0.29, 0.717) is 47.5 Å². The maximum Gasteiger partial charge on any atom is 0.295 e. The predicted molar refractivity (Wildman–Crippen MR) is 152 cm³/mol. The Morgan fingerprint density at radius 1 is 1.00 bits per heavy atom. The summed E-state index contributed by atoms with van der Waals surface area (Å²) in [6.45, 7) is 7.46. The van der Waals surface area contributed by atoms with E-state index in [1.165, 1.54) is 4.90 Å². The Balaban J connectivity index is 1.80. The molecule has 40 heavy (non-hydrogen) atoms. The molecule has 3 aromatic rings. The largest absolute Gasteiger partial charge is 0.507 e. The zero-order chi connectivity index (χ0) is 28.6. The highest BCUT2D eigenvalue weighted by Gasteiger charge is 2.46. The SMILES string of the molecule is CCCOc1cccc(C(O)=C2C(=O)C(=O)N(Cc3ccncc3)C2c2ccc(OCCC(C)C)c(OC)c2)c1. The van der Waals surface area contributed by atoms with Crippen molar-refractivity contribution in [3.8, 4) is 17.2 Å². The van der Waals surface area contributed by atoms with E-state index < -0.39 is 17.7 Å². The molecule has 2 aromatic carbocycles. The Morgan fingerprint density at radius 3 is 2.48 bits per heavy atom. The van der Waals surface area contributed by atoms with E-state index in [2.05, 4.69) is 18.8 Å². The number of carbonyl (C=O) groups is 2. The van der Waals surface area contributed by atoms with Crippen LogP contribution < -0.4 is 14.2 Å². The van der Waals surface area contributed by atoms with E-state index in [9.17, 15) is 14.7 Å². The molecule has 0 aliphatic carbocycles. The lowest BCUT2D eigenvalue weighted by atomic mass is 9.94. The first-order valence-corrected chi connectivity index (χ1v) is 13.5. The van der Waals surface area contributed by atoms with Crippen molar-refractivity contribution in [3.63, 3.8) is 0 Å². The molecule has 0 radical (unpaired) electrons. The number of amides is 1. The molecule has 1 N–H and O–H groups in total. The Kier molecular flexibility index (Phi) is 9.43.